The Morgan fingerprint density at radius 3 is 2.33 bits per heavy atom. The number of hydrogen-bond acceptors (Lipinski definition) is 4. The molecular weight excluding hydrogens is 274 g/mol. The average Bonchev–Trinajstić information content (AvgIpc) is 2.44. The third kappa shape index (κ3) is 3.09. The van der Waals surface area contributed by atoms with E-state index in [0.29, 0.717) is 11.6 Å². The number of anilines is 3. The van der Waals surface area contributed by atoms with Gasteiger partial charge in [-0.05, 0) is 24.5 Å². The molecule has 0 saturated heterocycles. The predicted octanol–water partition coefficient (Wildman–Crippen LogP) is 3.97. The van der Waals surface area contributed by atoms with Gasteiger partial charge in [-0.1, -0.05) is 13.8 Å². The van der Waals surface area contributed by atoms with Gasteiger partial charge < -0.3 is 10.6 Å². The van der Waals surface area contributed by atoms with E-state index in [4.69, 9.17) is 0 Å². The summed E-state index contributed by atoms with van der Waals surface area (Å²) in [5, 5.41) is 5.84. The zero-order valence-electron chi connectivity index (χ0n) is 12.5. The minimum absolute atomic E-state index is 0.0563. The van der Waals surface area contributed by atoms with Gasteiger partial charge in [0, 0.05) is 18.7 Å². The van der Waals surface area contributed by atoms with Crippen LogP contribution in [0.5, 0.6) is 0 Å². The number of nitrogens with zero attached hydrogens (tertiary/aromatic N) is 2. The van der Waals surface area contributed by atoms with Gasteiger partial charge in [0.1, 0.15) is 29.6 Å². The van der Waals surface area contributed by atoms with Gasteiger partial charge >= 0.3 is 0 Å². The van der Waals surface area contributed by atoms with Crippen LogP contribution in [0.25, 0.3) is 0 Å². The topological polar surface area (TPSA) is 49.8 Å². The van der Waals surface area contributed by atoms with E-state index in [-0.39, 0.29) is 17.2 Å². The fourth-order valence-electron chi connectivity index (χ4n) is 2.11. The second-order valence-electron chi connectivity index (χ2n) is 5.10. The molecule has 112 valence electrons. The molecule has 0 spiro atoms. The van der Waals surface area contributed by atoms with E-state index >= 15 is 0 Å². The monoisotopic (exact) mass is 292 g/mol. The minimum Gasteiger partial charge on any atom is -0.373 e. The van der Waals surface area contributed by atoms with Crippen molar-refractivity contribution >= 4 is 17.3 Å². The quantitative estimate of drug-likeness (QED) is 0.895. The Labute approximate surface area is 122 Å². The van der Waals surface area contributed by atoms with Gasteiger partial charge in [0.25, 0.3) is 0 Å². The maximum absolute atomic E-state index is 13.9. The molecule has 0 bridgehead atoms. The van der Waals surface area contributed by atoms with Crippen LogP contribution in [0.4, 0.5) is 26.1 Å². The highest BCUT2D eigenvalue weighted by Gasteiger charge is 2.16. The summed E-state index contributed by atoms with van der Waals surface area (Å²) in [5.74, 6) is 0.262. The van der Waals surface area contributed by atoms with Crippen LogP contribution in [0, 0.1) is 18.6 Å². The summed E-state index contributed by atoms with van der Waals surface area (Å²) in [6, 6.07) is 2.29. The molecule has 0 radical (unpaired) electrons. The number of benzene rings is 1. The minimum atomic E-state index is -0.520. The second-order valence-corrected chi connectivity index (χ2v) is 5.10. The van der Waals surface area contributed by atoms with Crippen LogP contribution in [-0.2, 0) is 0 Å². The number of aryl methyl sites for hydroxylation is 1. The Balaban J connectivity index is 2.47. The number of halogens is 2. The summed E-state index contributed by atoms with van der Waals surface area (Å²) in [7, 11) is 1.75. The molecule has 1 aromatic heterocycles. The van der Waals surface area contributed by atoms with Crippen LogP contribution in [0.15, 0.2) is 18.5 Å². The summed E-state index contributed by atoms with van der Waals surface area (Å²) in [6.07, 6.45) is 1.38. The molecule has 0 aliphatic heterocycles. The van der Waals surface area contributed by atoms with Crippen LogP contribution < -0.4 is 10.6 Å². The summed E-state index contributed by atoms with van der Waals surface area (Å²) in [5.41, 5.74) is 1.14. The van der Waals surface area contributed by atoms with Gasteiger partial charge in [-0.15, -0.1) is 0 Å². The summed E-state index contributed by atoms with van der Waals surface area (Å²) in [6.45, 7) is 5.49. The van der Waals surface area contributed by atoms with Gasteiger partial charge in [-0.3, -0.25) is 0 Å². The van der Waals surface area contributed by atoms with Crippen LogP contribution in [0.3, 0.4) is 0 Å². The van der Waals surface area contributed by atoms with Crippen molar-refractivity contribution in [1.82, 2.24) is 9.97 Å². The smallest absolute Gasteiger partial charge is 0.147 e. The molecule has 4 nitrogen and oxygen atoms in total. The first kappa shape index (κ1) is 15.2. The van der Waals surface area contributed by atoms with E-state index in [1.54, 1.807) is 7.05 Å². The van der Waals surface area contributed by atoms with Gasteiger partial charge in [-0.2, -0.15) is 0 Å². The molecule has 2 aromatic rings. The number of aromatic nitrogens is 2. The lowest BCUT2D eigenvalue weighted by Crippen LogP contribution is -2.08. The lowest BCUT2D eigenvalue weighted by molar-refractivity contribution is 0.595. The van der Waals surface area contributed by atoms with Gasteiger partial charge in [0.2, 0.25) is 0 Å². The largest absolute Gasteiger partial charge is 0.373 e. The maximum atomic E-state index is 13.9. The summed E-state index contributed by atoms with van der Waals surface area (Å²) in [4.78, 5) is 8.29. The van der Waals surface area contributed by atoms with E-state index in [2.05, 4.69) is 20.6 Å². The molecule has 0 saturated carbocycles. The van der Waals surface area contributed by atoms with Crippen LogP contribution in [0.2, 0.25) is 0 Å². The maximum Gasteiger partial charge on any atom is 0.147 e. The van der Waals surface area contributed by atoms with Crippen molar-refractivity contribution in [2.24, 2.45) is 0 Å². The van der Waals surface area contributed by atoms with E-state index in [0.717, 1.165) is 17.7 Å². The standard InChI is InChI=1S/C15H18F2N4/c1-8(2)13-14(18-4)19-7-20-15(13)21-12-6-10(16)9(3)5-11(12)17/h5-8H,1-4H3,(H2,18,19,20,21). The van der Waals surface area contributed by atoms with E-state index < -0.39 is 11.6 Å². The van der Waals surface area contributed by atoms with Crippen LogP contribution in [0.1, 0.15) is 30.9 Å². The molecule has 0 aliphatic carbocycles. The van der Waals surface area contributed by atoms with Gasteiger partial charge in [-0.25, -0.2) is 18.7 Å². The van der Waals surface area contributed by atoms with Gasteiger partial charge in [0.15, 0.2) is 0 Å². The molecule has 6 heteroatoms. The van der Waals surface area contributed by atoms with Crippen molar-refractivity contribution in [2.45, 2.75) is 26.7 Å². The normalized spacial score (nSPS) is 10.8. The molecule has 0 unspecified atom stereocenters. The summed E-state index contributed by atoms with van der Waals surface area (Å²) >= 11 is 0. The lowest BCUT2D eigenvalue weighted by Gasteiger charge is -2.17. The Bertz CT molecular complexity index is 656. The van der Waals surface area contributed by atoms with Crippen molar-refractivity contribution in [3.05, 3.63) is 41.2 Å². The molecule has 0 fully saturated rings. The van der Waals surface area contributed by atoms with E-state index in [1.165, 1.54) is 13.3 Å². The van der Waals surface area contributed by atoms with Gasteiger partial charge in [0.05, 0.1) is 5.69 Å². The molecule has 1 heterocycles. The molecule has 21 heavy (non-hydrogen) atoms. The molecule has 0 atom stereocenters. The third-order valence-corrected chi connectivity index (χ3v) is 3.20. The first-order valence-corrected chi connectivity index (χ1v) is 6.69. The summed E-state index contributed by atoms with van der Waals surface area (Å²) < 4.78 is 27.6. The molecule has 2 N–H and O–H groups in total. The number of rotatable bonds is 4. The highest BCUT2D eigenvalue weighted by Crippen LogP contribution is 2.31. The second kappa shape index (κ2) is 6.03. The van der Waals surface area contributed by atoms with Crippen molar-refractivity contribution in [3.63, 3.8) is 0 Å². The highest BCUT2D eigenvalue weighted by atomic mass is 19.1. The van der Waals surface area contributed by atoms with Crippen molar-refractivity contribution in [3.8, 4) is 0 Å². The fraction of sp³-hybridized carbons (Fsp3) is 0.333. The van der Waals surface area contributed by atoms with Crippen molar-refractivity contribution in [1.29, 1.82) is 0 Å². The Kier molecular flexibility index (Phi) is 4.35. The fourth-order valence-corrected chi connectivity index (χ4v) is 2.11. The molecule has 0 amide bonds. The van der Waals surface area contributed by atoms with Crippen molar-refractivity contribution < 1.29 is 8.78 Å². The molecule has 0 aliphatic rings. The van der Waals surface area contributed by atoms with E-state index in [9.17, 15) is 8.78 Å². The molecular formula is C15H18F2N4. The highest BCUT2D eigenvalue weighted by molar-refractivity contribution is 5.66. The molecule has 2 rings (SSSR count). The first-order chi connectivity index (χ1) is 9.93. The number of nitrogens with one attached hydrogen (secondary N) is 2. The molecule has 1 aromatic carbocycles. The lowest BCUT2D eigenvalue weighted by atomic mass is 10.0. The number of hydrogen-bond donors (Lipinski definition) is 2. The predicted molar refractivity (Wildman–Crippen MR) is 80.0 cm³/mol. The zero-order valence-corrected chi connectivity index (χ0v) is 12.5. The van der Waals surface area contributed by atoms with Crippen molar-refractivity contribution in [2.75, 3.05) is 17.7 Å². The Morgan fingerprint density at radius 2 is 1.71 bits per heavy atom. The Hall–Kier alpha value is -2.24. The zero-order chi connectivity index (χ0) is 15.6. The SMILES string of the molecule is CNc1ncnc(Nc2cc(F)c(C)cc2F)c1C(C)C. The van der Waals surface area contributed by atoms with Crippen LogP contribution >= 0.6 is 0 Å². The van der Waals surface area contributed by atoms with E-state index in [1.807, 2.05) is 13.8 Å². The first-order valence-electron chi connectivity index (χ1n) is 6.69. The van der Waals surface area contributed by atoms with Crippen LogP contribution in [-0.4, -0.2) is 17.0 Å². The Morgan fingerprint density at radius 1 is 1.05 bits per heavy atom. The third-order valence-electron chi connectivity index (χ3n) is 3.20. The average molecular weight is 292 g/mol.